The van der Waals surface area contributed by atoms with E-state index in [1.807, 2.05) is 49.2 Å². The Labute approximate surface area is 118 Å². The van der Waals surface area contributed by atoms with Crippen molar-refractivity contribution in [1.82, 2.24) is 0 Å². The molecule has 98 valence electrons. The quantitative estimate of drug-likeness (QED) is 0.662. The summed E-state index contributed by atoms with van der Waals surface area (Å²) in [5.74, 6) is -0.0277. The highest BCUT2D eigenvalue weighted by molar-refractivity contribution is 6.34. The zero-order valence-corrected chi connectivity index (χ0v) is 11.7. The van der Waals surface area contributed by atoms with Crippen LogP contribution < -0.4 is 10.6 Å². The SMILES string of the molecule is Cc1cccc(N(C)c2cccc(Cl)c2C(=N)N)c1. The standard InChI is InChI=1S/C15H16ClN3/c1-10-5-3-6-11(9-10)19(2)13-8-4-7-12(16)14(13)15(17)18/h3-9H,1-2H3,(H3,17,18). The highest BCUT2D eigenvalue weighted by Crippen LogP contribution is 2.31. The first-order valence-electron chi connectivity index (χ1n) is 5.94. The van der Waals surface area contributed by atoms with Crippen molar-refractivity contribution < 1.29 is 0 Å². The number of halogens is 1. The minimum absolute atomic E-state index is 0.0277. The van der Waals surface area contributed by atoms with Crippen LogP contribution in [0.25, 0.3) is 0 Å². The molecule has 0 amide bonds. The predicted octanol–water partition coefficient (Wildman–Crippen LogP) is 3.70. The summed E-state index contributed by atoms with van der Waals surface area (Å²) in [6, 6.07) is 13.6. The zero-order valence-electron chi connectivity index (χ0n) is 10.9. The number of rotatable bonds is 3. The molecule has 0 atom stereocenters. The van der Waals surface area contributed by atoms with Crippen LogP contribution in [0.3, 0.4) is 0 Å². The fourth-order valence-electron chi connectivity index (χ4n) is 2.03. The van der Waals surface area contributed by atoms with E-state index in [4.69, 9.17) is 22.7 Å². The molecule has 19 heavy (non-hydrogen) atoms. The Morgan fingerprint density at radius 3 is 2.53 bits per heavy atom. The van der Waals surface area contributed by atoms with Gasteiger partial charge in [-0.3, -0.25) is 5.41 Å². The van der Waals surface area contributed by atoms with Crippen LogP contribution in [0.5, 0.6) is 0 Å². The number of hydrogen-bond donors (Lipinski definition) is 2. The first-order chi connectivity index (χ1) is 9.00. The number of amidine groups is 1. The van der Waals surface area contributed by atoms with Crippen molar-refractivity contribution in [1.29, 1.82) is 5.41 Å². The third-order valence-electron chi connectivity index (χ3n) is 3.01. The summed E-state index contributed by atoms with van der Waals surface area (Å²) in [4.78, 5) is 1.98. The van der Waals surface area contributed by atoms with Gasteiger partial charge in [-0.25, -0.2) is 0 Å². The second-order valence-electron chi connectivity index (χ2n) is 4.45. The second kappa shape index (κ2) is 5.33. The van der Waals surface area contributed by atoms with Crippen LogP contribution in [0, 0.1) is 12.3 Å². The average molecular weight is 274 g/mol. The van der Waals surface area contributed by atoms with Crippen molar-refractivity contribution in [3.05, 3.63) is 58.6 Å². The molecule has 2 rings (SSSR count). The van der Waals surface area contributed by atoms with Gasteiger partial charge in [-0.05, 0) is 36.8 Å². The number of anilines is 2. The Bertz CT molecular complexity index is 623. The van der Waals surface area contributed by atoms with Crippen molar-refractivity contribution in [2.45, 2.75) is 6.92 Å². The zero-order chi connectivity index (χ0) is 14.0. The van der Waals surface area contributed by atoms with Crippen LogP contribution >= 0.6 is 11.6 Å². The molecule has 0 bridgehead atoms. The maximum atomic E-state index is 7.68. The van der Waals surface area contributed by atoms with Gasteiger partial charge in [0.05, 0.1) is 16.3 Å². The van der Waals surface area contributed by atoms with Gasteiger partial charge in [0.25, 0.3) is 0 Å². The molecule has 3 nitrogen and oxygen atoms in total. The highest BCUT2D eigenvalue weighted by atomic mass is 35.5. The number of nitrogens with zero attached hydrogens (tertiary/aromatic N) is 1. The Kier molecular flexibility index (Phi) is 3.76. The lowest BCUT2D eigenvalue weighted by Crippen LogP contribution is -2.19. The molecule has 0 aromatic heterocycles. The van der Waals surface area contributed by atoms with Crippen molar-refractivity contribution in [2.24, 2.45) is 5.73 Å². The van der Waals surface area contributed by atoms with Crippen molar-refractivity contribution in [3.8, 4) is 0 Å². The monoisotopic (exact) mass is 273 g/mol. The fraction of sp³-hybridized carbons (Fsp3) is 0.133. The first-order valence-corrected chi connectivity index (χ1v) is 6.32. The van der Waals surface area contributed by atoms with Crippen LogP contribution in [0.15, 0.2) is 42.5 Å². The number of hydrogen-bond acceptors (Lipinski definition) is 2. The molecule has 0 aliphatic heterocycles. The van der Waals surface area contributed by atoms with Gasteiger partial charge in [0.1, 0.15) is 5.84 Å². The Balaban J connectivity index is 2.53. The number of nitrogens with two attached hydrogens (primary N) is 1. The predicted molar refractivity (Wildman–Crippen MR) is 81.7 cm³/mol. The molecule has 2 aromatic rings. The summed E-state index contributed by atoms with van der Waals surface area (Å²) in [6.45, 7) is 2.04. The Hall–Kier alpha value is -2.00. The Morgan fingerprint density at radius 2 is 1.89 bits per heavy atom. The lowest BCUT2D eigenvalue weighted by molar-refractivity contribution is 1.19. The van der Waals surface area contributed by atoms with Gasteiger partial charge in [0.15, 0.2) is 0 Å². The molecule has 0 aliphatic carbocycles. The molecule has 3 N–H and O–H groups in total. The lowest BCUT2D eigenvalue weighted by atomic mass is 10.1. The van der Waals surface area contributed by atoms with Gasteiger partial charge in [-0.1, -0.05) is 29.8 Å². The molecular formula is C15H16ClN3. The topological polar surface area (TPSA) is 53.1 Å². The molecular weight excluding hydrogens is 258 g/mol. The van der Waals surface area contributed by atoms with E-state index in [2.05, 4.69) is 6.07 Å². The molecule has 0 unspecified atom stereocenters. The fourth-order valence-corrected chi connectivity index (χ4v) is 2.31. The van der Waals surface area contributed by atoms with E-state index in [1.165, 1.54) is 5.56 Å². The van der Waals surface area contributed by atoms with Gasteiger partial charge in [0, 0.05) is 12.7 Å². The summed E-state index contributed by atoms with van der Waals surface area (Å²) >= 11 is 6.14. The normalized spacial score (nSPS) is 10.3. The van der Waals surface area contributed by atoms with Crippen molar-refractivity contribution in [2.75, 3.05) is 11.9 Å². The molecule has 0 aliphatic rings. The minimum atomic E-state index is -0.0277. The molecule has 0 heterocycles. The van der Waals surface area contributed by atoms with E-state index in [-0.39, 0.29) is 5.84 Å². The van der Waals surface area contributed by atoms with Crippen molar-refractivity contribution >= 4 is 28.8 Å². The van der Waals surface area contributed by atoms with Gasteiger partial charge in [-0.2, -0.15) is 0 Å². The number of nitrogens with one attached hydrogen (secondary N) is 1. The van der Waals surface area contributed by atoms with Crippen LogP contribution in [0.1, 0.15) is 11.1 Å². The van der Waals surface area contributed by atoms with Crippen LogP contribution in [-0.2, 0) is 0 Å². The lowest BCUT2D eigenvalue weighted by Gasteiger charge is -2.23. The number of benzene rings is 2. The van der Waals surface area contributed by atoms with Gasteiger partial charge in [0.2, 0.25) is 0 Å². The molecule has 4 heteroatoms. The molecule has 2 aromatic carbocycles. The van der Waals surface area contributed by atoms with E-state index < -0.39 is 0 Å². The summed E-state index contributed by atoms with van der Waals surface area (Å²) in [6.07, 6.45) is 0. The summed E-state index contributed by atoms with van der Waals surface area (Å²) in [5.41, 5.74) is 9.23. The van der Waals surface area contributed by atoms with E-state index >= 15 is 0 Å². The number of aryl methyl sites for hydroxylation is 1. The van der Waals surface area contributed by atoms with Gasteiger partial charge in [-0.15, -0.1) is 0 Å². The van der Waals surface area contributed by atoms with Crippen LogP contribution in [-0.4, -0.2) is 12.9 Å². The second-order valence-corrected chi connectivity index (χ2v) is 4.85. The summed E-state index contributed by atoms with van der Waals surface area (Å²) in [5, 5.41) is 8.17. The van der Waals surface area contributed by atoms with Crippen LogP contribution in [0.4, 0.5) is 11.4 Å². The summed E-state index contributed by atoms with van der Waals surface area (Å²) in [7, 11) is 1.94. The molecule has 0 fully saturated rings. The van der Waals surface area contributed by atoms with Crippen molar-refractivity contribution in [3.63, 3.8) is 0 Å². The molecule has 0 spiro atoms. The van der Waals surface area contributed by atoms with E-state index in [9.17, 15) is 0 Å². The maximum Gasteiger partial charge on any atom is 0.126 e. The summed E-state index contributed by atoms with van der Waals surface area (Å²) < 4.78 is 0. The Morgan fingerprint density at radius 1 is 1.21 bits per heavy atom. The molecule has 0 saturated carbocycles. The van der Waals surface area contributed by atoms with E-state index in [0.717, 1.165) is 11.4 Å². The third kappa shape index (κ3) is 2.71. The molecule has 0 radical (unpaired) electrons. The van der Waals surface area contributed by atoms with Gasteiger partial charge < -0.3 is 10.6 Å². The van der Waals surface area contributed by atoms with E-state index in [0.29, 0.717) is 10.6 Å². The first kappa shape index (κ1) is 13.4. The smallest absolute Gasteiger partial charge is 0.126 e. The maximum absolute atomic E-state index is 7.68. The largest absolute Gasteiger partial charge is 0.384 e. The van der Waals surface area contributed by atoms with Crippen LogP contribution in [0.2, 0.25) is 5.02 Å². The highest BCUT2D eigenvalue weighted by Gasteiger charge is 2.14. The minimum Gasteiger partial charge on any atom is -0.384 e. The van der Waals surface area contributed by atoms with Gasteiger partial charge >= 0.3 is 0 Å². The average Bonchev–Trinajstić information content (AvgIpc) is 2.37. The third-order valence-corrected chi connectivity index (χ3v) is 3.33. The molecule has 0 saturated heterocycles. The number of nitrogen functional groups attached to an aromatic ring is 1. The van der Waals surface area contributed by atoms with E-state index in [1.54, 1.807) is 6.07 Å².